The molecule has 0 unspecified atom stereocenters. The number of halogens is 1. The minimum atomic E-state index is -2.89. The predicted octanol–water partition coefficient (Wildman–Crippen LogP) is 3.06. The molecule has 0 aliphatic heterocycles. The van der Waals surface area contributed by atoms with Gasteiger partial charge >= 0.3 is 0 Å². The summed E-state index contributed by atoms with van der Waals surface area (Å²) < 4.78 is 24.5. The molecule has 0 saturated carbocycles. The molecular weight excluding hydrogens is 334 g/mol. The molecule has 0 radical (unpaired) electrons. The largest absolute Gasteiger partial charge is 0.311 e. The van der Waals surface area contributed by atoms with E-state index in [4.69, 9.17) is 0 Å². The lowest BCUT2D eigenvalue weighted by atomic mass is 10.2. The monoisotopic (exact) mass is 353 g/mol. The average molecular weight is 354 g/mol. The van der Waals surface area contributed by atoms with Crippen molar-refractivity contribution in [2.75, 3.05) is 18.1 Å². The Morgan fingerprint density at radius 1 is 1.39 bits per heavy atom. The molecule has 0 saturated heterocycles. The van der Waals surface area contributed by atoms with Crippen molar-refractivity contribution >= 4 is 37.1 Å². The van der Waals surface area contributed by atoms with Gasteiger partial charge in [0.15, 0.2) is 9.84 Å². The van der Waals surface area contributed by atoms with Crippen molar-refractivity contribution in [2.45, 2.75) is 26.8 Å². The highest BCUT2D eigenvalue weighted by Gasteiger charge is 2.11. The zero-order valence-electron chi connectivity index (χ0n) is 10.8. The Balaban J connectivity index is 2.21. The van der Waals surface area contributed by atoms with Gasteiger partial charge in [0.2, 0.25) is 0 Å². The summed E-state index contributed by atoms with van der Waals surface area (Å²) in [6.07, 6.45) is 0.750. The second kappa shape index (κ2) is 7.62. The summed E-state index contributed by atoms with van der Waals surface area (Å²) >= 11 is 5.06. The van der Waals surface area contributed by atoms with Crippen LogP contribution in [0.15, 0.2) is 15.9 Å². The van der Waals surface area contributed by atoms with E-state index in [0.29, 0.717) is 18.2 Å². The highest BCUT2D eigenvalue weighted by atomic mass is 79.9. The standard InChI is InChI=1S/C12H20BrNO2S2/c1-10(2)3-5-18(15,16)6-4-14-8-12-7-11(13)9-17-12/h7,9-10,14H,3-6,8H2,1-2H3. The summed E-state index contributed by atoms with van der Waals surface area (Å²) in [5.41, 5.74) is 0. The highest BCUT2D eigenvalue weighted by molar-refractivity contribution is 9.10. The van der Waals surface area contributed by atoms with Gasteiger partial charge < -0.3 is 5.32 Å². The first-order valence-corrected chi connectivity index (χ1v) is 9.52. The van der Waals surface area contributed by atoms with Gasteiger partial charge in [-0.1, -0.05) is 13.8 Å². The lowest BCUT2D eigenvalue weighted by Gasteiger charge is -2.07. The van der Waals surface area contributed by atoms with Crippen LogP contribution in [0.1, 0.15) is 25.1 Å². The summed E-state index contributed by atoms with van der Waals surface area (Å²) in [5.74, 6) is 0.972. The third kappa shape index (κ3) is 6.87. The van der Waals surface area contributed by atoms with E-state index in [0.717, 1.165) is 17.4 Å². The quantitative estimate of drug-likeness (QED) is 0.730. The predicted molar refractivity (Wildman–Crippen MR) is 81.8 cm³/mol. The molecule has 1 heterocycles. The van der Waals surface area contributed by atoms with Gasteiger partial charge in [0, 0.05) is 27.8 Å². The maximum atomic E-state index is 11.7. The number of hydrogen-bond acceptors (Lipinski definition) is 4. The van der Waals surface area contributed by atoms with E-state index in [1.807, 2.05) is 25.3 Å². The molecule has 1 rings (SSSR count). The Morgan fingerprint density at radius 2 is 2.11 bits per heavy atom. The molecular formula is C12H20BrNO2S2. The molecule has 0 amide bonds. The van der Waals surface area contributed by atoms with Crippen molar-refractivity contribution in [3.05, 3.63) is 20.8 Å². The van der Waals surface area contributed by atoms with E-state index in [1.54, 1.807) is 11.3 Å². The maximum Gasteiger partial charge on any atom is 0.151 e. The Morgan fingerprint density at radius 3 is 2.67 bits per heavy atom. The number of sulfone groups is 1. The molecule has 0 bridgehead atoms. The zero-order valence-corrected chi connectivity index (χ0v) is 14.0. The van der Waals surface area contributed by atoms with Crippen molar-refractivity contribution in [3.63, 3.8) is 0 Å². The van der Waals surface area contributed by atoms with Crippen LogP contribution in [-0.2, 0) is 16.4 Å². The molecule has 6 heteroatoms. The lowest BCUT2D eigenvalue weighted by molar-refractivity contribution is 0.570. The van der Waals surface area contributed by atoms with Crippen LogP contribution in [0.25, 0.3) is 0 Å². The Labute approximate surface area is 122 Å². The fourth-order valence-electron chi connectivity index (χ4n) is 1.40. The minimum Gasteiger partial charge on any atom is -0.311 e. The molecule has 0 aromatic carbocycles. The Kier molecular flexibility index (Phi) is 6.84. The molecule has 0 aliphatic rings. The van der Waals surface area contributed by atoms with Gasteiger partial charge in [-0.2, -0.15) is 0 Å². The Bertz CT molecular complexity index is 454. The van der Waals surface area contributed by atoms with Crippen LogP contribution in [0.5, 0.6) is 0 Å². The van der Waals surface area contributed by atoms with E-state index >= 15 is 0 Å². The second-order valence-electron chi connectivity index (χ2n) is 4.74. The molecule has 0 spiro atoms. The van der Waals surface area contributed by atoms with Crippen LogP contribution in [0, 0.1) is 5.92 Å². The normalized spacial score (nSPS) is 12.2. The lowest BCUT2D eigenvalue weighted by Crippen LogP contribution is -2.24. The first-order valence-electron chi connectivity index (χ1n) is 6.03. The molecule has 1 aromatic rings. The first-order chi connectivity index (χ1) is 8.39. The average Bonchev–Trinajstić information content (AvgIpc) is 2.68. The number of rotatable bonds is 8. The number of hydrogen-bond donors (Lipinski definition) is 1. The maximum absolute atomic E-state index is 11.7. The van der Waals surface area contributed by atoms with Crippen LogP contribution in [0.3, 0.4) is 0 Å². The summed E-state index contributed by atoms with van der Waals surface area (Å²) in [6.45, 7) is 5.34. The Hall–Kier alpha value is 0.0900. The fraction of sp³-hybridized carbons (Fsp3) is 0.667. The van der Waals surface area contributed by atoms with Gasteiger partial charge in [0.05, 0.1) is 11.5 Å². The summed E-state index contributed by atoms with van der Waals surface area (Å²) in [5, 5.41) is 5.19. The molecule has 0 fully saturated rings. The highest BCUT2D eigenvalue weighted by Crippen LogP contribution is 2.19. The van der Waals surface area contributed by atoms with Crippen LogP contribution < -0.4 is 5.32 Å². The van der Waals surface area contributed by atoms with Crippen LogP contribution in [0.2, 0.25) is 0 Å². The van der Waals surface area contributed by atoms with Gasteiger partial charge in [-0.15, -0.1) is 11.3 Å². The fourth-order valence-corrected chi connectivity index (χ4v) is 4.31. The zero-order chi connectivity index (χ0) is 13.6. The van der Waals surface area contributed by atoms with Gasteiger partial charge in [0.25, 0.3) is 0 Å². The molecule has 104 valence electrons. The van der Waals surface area contributed by atoms with Crippen molar-refractivity contribution < 1.29 is 8.42 Å². The van der Waals surface area contributed by atoms with Crippen LogP contribution in [-0.4, -0.2) is 26.5 Å². The molecule has 3 nitrogen and oxygen atoms in total. The van der Waals surface area contributed by atoms with E-state index in [-0.39, 0.29) is 5.75 Å². The molecule has 18 heavy (non-hydrogen) atoms. The van der Waals surface area contributed by atoms with Gasteiger partial charge in [-0.25, -0.2) is 8.42 Å². The molecule has 0 aliphatic carbocycles. The number of nitrogens with one attached hydrogen (secondary N) is 1. The molecule has 1 N–H and O–H groups in total. The van der Waals surface area contributed by atoms with Gasteiger partial charge in [-0.05, 0) is 34.3 Å². The van der Waals surface area contributed by atoms with Crippen molar-refractivity contribution in [3.8, 4) is 0 Å². The van der Waals surface area contributed by atoms with Crippen molar-refractivity contribution in [1.29, 1.82) is 0 Å². The van der Waals surface area contributed by atoms with E-state index in [9.17, 15) is 8.42 Å². The minimum absolute atomic E-state index is 0.228. The SMILES string of the molecule is CC(C)CCS(=O)(=O)CCNCc1cc(Br)cs1. The number of thiophene rings is 1. The topological polar surface area (TPSA) is 46.2 Å². The summed E-state index contributed by atoms with van der Waals surface area (Å²) in [4.78, 5) is 1.21. The van der Waals surface area contributed by atoms with E-state index in [1.165, 1.54) is 4.88 Å². The second-order valence-corrected chi connectivity index (χ2v) is 8.96. The van der Waals surface area contributed by atoms with Gasteiger partial charge in [-0.3, -0.25) is 0 Å². The third-order valence-corrected chi connectivity index (χ3v) is 5.90. The third-order valence-electron chi connectivity index (χ3n) is 2.52. The first kappa shape index (κ1) is 16.1. The van der Waals surface area contributed by atoms with Crippen molar-refractivity contribution in [1.82, 2.24) is 5.32 Å². The molecule has 0 atom stereocenters. The smallest absolute Gasteiger partial charge is 0.151 e. The van der Waals surface area contributed by atoms with Crippen molar-refractivity contribution in [2.24, 2.45) is 5.92 Å². The van der Waals surface area contributed by atoms with Crippen LogP contribution in [0.4, 0.5) is 0 Å². The van der Waals surface area contributed by atoms with E-state index in [2.05, 4.69) is 21.2 Å². The summed E-state index contributed by atoms with van der Waals surface area (Å²) in [6, 6.07) is 2.05. The van der Waals surface area contributed by atoms with E-state index < -0.39 is 9.84 Å². The van der Waals surface area contributed by atoms with Gasteiger partial charge in [0.1, 0.15) is 0 Å². The molecule has 1 aromatic heterocycles. The summed E-state index contributed by atoms with van der Waals surface area (Å²) in [7, 11) is -2.89. The van der Waals surface area contributed by atoms with Crippen LogP contribution >= 0.6 is 27.3 Å².